The van der Waals surface area contributed by atoms with Crippen LogP contribution in [-0.4, -0.2) is 28.6 Å². The number of hydrogen-bond donors (Lipinski definition) is 0. The third-order valence-electron chi connectivity index (χ3n) is 3.14. The van der Waals surface area contributed by atoms with Crippen LogP contribution >= 0.6 is 22.7 Å². The summed E-state index contributed by atoms with van der Waals surface area (Å²) in [6, 6.07) is 4.54. The molecule has 20 heavy (non-hydrogen) atoms. The third-order valence-corrected chi connectivity index (χ3v) is 5.34. The fourth-order valence-corrected chi connectivity index (χ4v) is 3.68. The highest BCUT2D eigenvalue weighted by molar-refractivity contribution is 7.18. The molecule has 104 valence electrons. The number of anilines is 1. The Labute approximate surface area is 126 Å². The van der Waals surface area contributed by atoms with Crippen molar-refractivity contribution in [2.75, 3.05) is 19.0 Å². The lowest BCUT2D eigenvalue weighted by Gasteiger charge is -2.14. The molecular formula is C14H16N4S2. The summed E-state index contributed by atoms with van der Waals surface area (Å²) in [5.41, 5.74) is 0. The predicted molar refractivity (Wildman–Crippen MR) is 85.8 cm³/mol. The molecular weight excluding hydrogens is 288 g/mol. The number of nitrogens with zero attached hydrogens (tertiary/aromatic N) is 4. The van der Waals surface area contributed by atoms with Gasteiger partial charge >= 0.3 is 0 Å². The van der Waals surface area contributed by atoms with Gasteiger partial charge in [-0.3, -0.25) is 0 Å². The highest BCUT2D eigenvalue weighted by Crippen LogP contribution is 2.32. The lowest BCUT2D eigenvalue weighted by molar-refractivity contribution is 0.658. The Kier molecular flexibility index (Phi) is 3.58. The van der Waals surface area contributed by atoms with Crippen molar-refractivity contribution in [3.05, 3.63) is 41.0 Å². The smallest absolute Gasteiger partial charge is 0.185 e. The number of rotatable bonds is 4. The molecule has 3 aromatic rings. The summed E-state index contributed by atoms with van der Waals surface area (Å²) in [5, 5.41) is 3.11. The Morgan fingerprint density at radius 2 is 2.15 bits per heavy atom. The molecule has 0 fully saturated rings. The van der Waals surface area contributed by atoms with Gasteiger partial charge in [-0.25, -0.2) is 9.97 Å². The number of imidazole rings is 1. The standard InChI is InChI=1S/C14H16N4S2/c1-10(11-5-4-8-19-11)18-7-6-15-13(18)12-9-16-14(20-12)17(2)3/h4-10H,1-3H3/t10-/m1/s1. The van der Waals surface area contributed by atoms with Gasteiger partial charge in [-0.15, -0.1) is 11.3 Å². The van der Waals surface area contributed by atoms with Crippen LogP contribution in [0, 0.1) is 0 Å². The van der Waals surface area contributed by atoms with Crippen LogP contribution in [0.4, 0.5) is 5.13 Å². The van der Waals surface area contributed by atoms with Crippen molar-refractivity contribution in [3.8, 4) is 10.7 Å². The molecule has 0 aliphatic carbocycles. The molecule has 0 unspecified atom stereocenters. The van der Waals surface area contributed by atoms with Crippen LogP contribution in [0.1, 0.15) is 17.8 Å². The van der Waals surface area contributed by atoms with E-state index in [1.54, 1.807) is 22.7 Å². The van der Waals surface area contributed by atoms with Gasteiger partial charge in [-0.05, 0) is 18.4 Å². The minimum absolute atomic E-state index is 0.289. The first kappa shape index (κ1) is 13.3. The summed E-state index contributed by atoms with van der Waals surface area (Å²) in [6.07, 6.45) is 5.79. The zero-order valence-corrected chi connectivity index (χ0v) is 13.3. The van der Waals surface area contributed by atoms with Crippen molar-refractivity contribution in [2.24, 2.45) is 0 Å². The molecule has 0 radical (unpaired) electrons. The average Bonchev–Trinajstić information content (AvgIpc) is 3.17. The van der Waals surface area contributed by atoms with Crippen molar-refractivity contribution in [1.29, 1.82) is 0 Å². The van der Waals surface area contributed by atoms with E-state index in [0.717, 1.165) is 15.8 Å². The molecule has 0 amide bonds. The molecule has 1 atom stereocenters. The second-order valence-corrected chi connectivity index (χ2v) is 6.74. The van der Waals surface area contributed by atoms with Crippen molar-refractivity contribution < 1.29 is 0 Å². The fraction of sp³-hybridized carbons (Fsp3) is 0.286. The second-order valence-electron chi connectivity index (χ2n) is 4.75. The first-order valence-electron chi connectivity index (χ1n) is 6.36. The normalized spacial score (nSPS) is 12.6. The van der Waals surface area contributed by atoms with Gasteiger partial charge in [0.2, 0.25) is 0 Å². The Bertz CT molecular complexity index is 682. The van der Waals surface area contributed by atoms with E-state index in [9.17, 15) is 0 Å². The number of aromatic nitrogens is 3. The van der Waals surface area contributed by atoms with Gasteiger partial charge in [0.05, 0.1) is 17.1 Å². The molecule has 0 spiro atoms. The minimum Gasteiger partial charge on any atom is -0.354 e. The van der Waals surface area contributed by atoms with E-state index in [4.69, 9.17) is 0 Å². The van der Waals surface area contributed by atoms with E-state index >= 15 is 0 Å². The molecule has 0 saturated heterocycles. The van der Waals surface area contributed by atoms with Crippen molar-refractivity contribution in [1.82, 2.24) is 14.5 Å². The maximum Gasteiger partial charge on any atom is 0.185 e. The number of thiophene rings is 1. The van der Waals surface area contributed by atoms with E-state index in [1.165, 1.54) is 4.88 Å². The van der Waals surface area contributed by atoms with Crippen molar-refractivity contribution >= 4 is 27.8 Å². The van der Waals surface area contributed by atoms with Crippen LogP contribution in [0.5, 0.6) is 0 Å². The van der Waals surface area contributed by atoms with Gasteiger partial charge in [-0.2, -0.15) is 0 Å². The molecule has 0 saturated carbocycles. The molecule has 3 aromatic heterocycles. The maximum absolute atomic E-state index is 4.51. The molecule has 0 aliphatic heterocycles. The molecule has 0 aliphatic rings. The fourth-order valence-electron chi connectivity index (χ4n) is 2.06. The zero-order valence-electron chi connectivity index (χ0n) is 11.6. The topological polar surface area (TPSA) is 34.0 Å². The van der Waals surface area contributed by atoms with Gasteiger partial charge in [-0.1, -0.05) is 17.4 Å². The molecule has 4 nitrogen and oxygen atoms in total. The highest BCUT2D eigenvalue weighted by Gasteiger charge is 2.16. The Morgan fingerprint density at radius 3 is 2.80 bits per heavy atom. The first-order valence-corrected chi connectivity index (χ1v) is 8.06. The van der Waals surface area contributed by atoms with Crippen LogP contribution in [0.3, 0.4) is 0 Å². The lowest BCUT2D eigenvalue weighted by atomic mass is 10.2. The molecule has 0 N–H and O–H groups in total. The monoisotopic (exact) mass is 304 g/mol. The minimum atomic E-state index is 0.289. The summed E-state index contributed by atoms with van der Waals surface area (Å²) in [7, 11) is 4.01. The van der Waals surface area contributed by atoms with Crippen molar-refractivity contribution in [2.45, 2.75) is 13.0 Å². The van der Waals surface area contributed by atoms with E-state index in [0.29, 0.717) is 0 Å². The van der Waals surface area contributed by atoms with Gasteiger partial charge in [0.25, 0.3) is 0 Å². The highest BCUT2D eigenvalue weighted by atomic mass is 32.1. The predicted octanol–water partition coefficient (Wildman–Crippen LogP) is 3.74. The summed E-state index contributed by atoms with van der Waals surface area (Å²) < 4.78 is 2.21. The largest absolute Gasteiger partial charge is 0.354 e. The van der Waals surface area contributed by atoms with Crippen LogP contribution < -0.4 is 4.90 Å². The molecule has 3 heterocycles. The van der Waals surface area contributed by atoms with Gasteiger partial charge in [0, 0.05) is 31.4 Å². The molecule has 3 rings (SSSR count). The number of hydrogen-bond acceptors (Lipinski definition) is 5. The Hall–Kier alpha value is -1.66. The maximum atomic E-state index is 4.51. The van der Waals surface area contributed by atoms with Gasteiger partial charge in [0.15, 0.2) is 11.0 Å². The molecule has 6 heteroatoms. The average molecular weight is 304 g/mol. The SMILES string of the molecule is C[C@H](c1cccs1)n1ccnc1-c1cnc(N(C)C)s1. The van der Waals surface area contributed by atoms with Crippen LogP contribution in [-0.2, 0) is 0 Å². The van der Waals surface area contributed by atoms with Crippen LogP contribution in [0.15, 0.2) is 36.1 Å². The summed E-state index contributed by atoms with van der Waals surface area (Å²) in [4.78, 5) is 13.4. The second kappa shape index (κ2) is 5.38. The van der Waals surface area contributed by atoms with E-state index in [2.05, 4.69) is 39.0 Å². The van der Waals surface area contributed by atoms with E-state index in [1.807, 2.05) is 37.6 Å². The summed E-state index contributed by atoms with van der Waals surface area (Å²) in [6.45, 7) is 2.20. The first-order chi connectivity index (χ1) is 9.66. The van der Waals surface area contributed by atoms with Gasteiger partial charge in [0.1, 0.15) is 0 Å². The third kappa shape index (κ3) is 2.36. The van der Waals surface area contributed by atoms with Crippen LogP contribution in [0.2, 0.25) is 0 Å². The number of thiazole rings is 1. The van der Waals surface area contributed by atoms with E-state index < -0.39 is 0 Å². The van der Waals surface area contributed by atoms with Crippen LogP contribution in [0.25, 0.3) is 10.7 Å². The lowest BCUT2D eigenvalue weighted by Crippen LogP contribution is -2.07. The Balaban J connectivity index is 1.97. The quantitative estimate of drug-likeness (QED) is 0.736. The van der Waals surface area contributed by atoms with Gasteiger partial charge < -0.3 is 9.47 Å². The summed E-state index contributed by atoms with van der Waals surface area (Å²) >= 11 is 3.44. The Morgan fingerprint density at radius 1 is 1.30 bits per heavy atom. The molecule has 0 bridgehead atoms. The molecule has 0 aromatic carbocycles. The van der Waals surface area contributed by atoms with Crippen molar-refractivity contribution in [3.63, 3.8) is 0 Å². The van der Waals surface area contributed by atoms with E-state index in [-0.39, 0.29) is 6.04 Å². The summed E-state index contributed by atoms with van der Waals surface area (Å²) in [5.74, 6) is 0.983. The zero-order chi connectivity index (χ0) is 14.1.